The van der Waals surface area contributed by atoms with Crippen LogP contribution in [0.5, 0.6) is 0 Å². The zero-order valence-electron chi connectivity index (χ0n) is 27.6. The largest absolute Gasteiger partial charge is 0.310 e. The summed E-state index contributed by atoms with van der Waals surface area (Å²) in [5.41, 5.74) is 10.2. The Kier molecular flexibility index (Phi) is 6.78. The molecule has 0 radical (unpaired) electrons. The van der Waals surface area contributed by atoms with Crippen molar-refractivity contribution in [3.05, 3.63) is 182 Å². The number of rotatable bonds is 5. The van der Waals surface area contributed by atoms with Crippen molar-refractivity contribution in [3.63, 3.8) is 0 Å². The highest BCUT2D eigenvalue weighted by atomic mass is 15.1. The van der Waals surface area contributed by atoms with E-state index >= 15 is 0 Å². The Morgan fingerprint density at radius 1 is 0.392 bits per heavy atom. The number of aromatic nitrogens is 3. The second-order valence-corrected chi connectivity index (χ2v) is 12.8. The van der Waals surface area contributed by atoms with Crippen molar-refractivity contribution in [2.75, 3.05) is 4.90 Å². The predicted molar refractivity (Wildman–Crippen MR) is 213 cm³/mol. The lowest BCUT2D eigenvalue weighted by Crippen LogP contribution is -2.10. The number of anilines is 3. The van der Waals surface area contributed by atoms with E-state index in [1.807, 2.05) is 18.5 Å². The van der Waals surface area contributed by atoms with Gasteiger partial charge in [-0.15, -0.1) is 0 Å². The standard InChI is InChI=1S/C47H30N4/c1-4-14-31(15-5-1)44-41-30-42(51(33-17-6-2-7-18-33)34-19-8-3-9-20-34)36-21-10-11-22-37(36)43(41)40-24-12-23-38(46(40)50-44)35-27-29-49-47-39(35)26-25-32-16-13-28-48-45(32)47/h1-30H. The van der Waals surface area contributed by atoms with Gasteiger partial charge in [-0.2, -0.15) is 0 Å². The Morgan fingerprint density at radius 2 is 1.06 bits per heavy atom. The minimum Gasteiger partial charge on any atom is -0.310 e. The van der Waals surface area contributed by atoms with E-state index in [0.29, 0.717) is 0 Å². The molecule has 238 valence electrons. The summed E-state index contributed by atoms with van der Waals surface area (Å²) in [4.78, 5) is 17.5. The molecular weight excluding hydrogens is 621 g/mol. The molecule has 0 fully saturated rings. The first-order valence-corrected chi connectivity index (χ1v) is 17.2. The van der Waals surface area contributed by atoms with Gasteiger partial charge in [-0.1, -0.05) is 127 Å². The van der Waals surface area contributed by atoms with E-state index in [0.717, 1.165) is 77.5 Å². The van der Waals surface area contributed by atoms with Crippen molar-refractivity contribution in [1.82, 2.24) is 15.0 Å². The smallest absolute Gasteiger partial charge is 0.0970 e. The summed E-state index contributed by atoms with van der Waals surface area (Å²) in [5, 5.41) is 7.88. The van der Waals surface area contributed by atoms with Crippen molar-refractivity contribution < 1.29 is 0 Å². The zero-order valence-corrected chi connectivity index (χ0v) is 27.6. The molecule has 0 bridgehead atoms. The number of para-hydroxylation sites is 3. The average Bonchev–Trinajstić information content (AvgIpc) is 3.21. The Morgan fingerprint density at radius 3 is 1.82 bits per heavy atom. The molecule has 3 aromatic heterocycles. The second kappa shape index (κ2) is 11.9. The molecule has 10 rings (SSSR count). The minimum absolute atomic E-state index is 0.892. The number of benzene rings is 7. The van der Waals surface area contributed by atoms with E-state index in [1.165, 1.54) is 16.2 Å². The Bertz CT molecular complexity index is 2870. The monoisotopic (exact) mass is 650 g/mol. The lowest BCUT2D eigenvalue weighted by molar-refractivity contribution is 1.30. The Hall–Kier alpha value is -6.91. The summed E-state index contributed by atoms with van der Waals surface area (Å²) in [5.74, 6) is 0. The van der Waals surface area contributed by atoms with Gasteiger partial charge in [0.05, 0.1) is 27.9 Å². The number of fused-ring (bicyclic) bond motifs is 8. The van der Waals surface area contributed by atoms with Crippen molar-refractivity contribution in [2.24, 2.45) is 0 Å². The third kappa shape index (κ3) is 4.72. The normalized spacial score (nSPS) is 11.5. The van der Waals surface area contributed by atoms with Crippen LogP contribution in [0.3, 0.4) is 0 Å². The van der Waals surface area contributed by atoms with Crippen LogP contribution in [0.1, 0.15) is 0 Å². The molecule has 4 nitrogen and oxygen atoms in total. The van der Waals surface area contributed by atoms with Crippen LogP contribution >= 0.6 is 0 Å². The topological polar surface area (TPSA) is 41.9 Å². The van der Waals surface area contributed by atoms with Crippen LogP contribution in [-0.4, -0.2) is 15.0 Å². The van der Waals surface area contributed by atoms with Gasteiger partial charge in [0.15, 0.2) is 0 Å². The summed E-state index contributed by atoms with van der Waals surface area (Å²) >= 11 is 0. The van der Waals surface area contributed by atoms with E-state index in [1.54, 1.807) is 0 Å². The van der Waals surface area contributed by atoms with Gasteiger partial charge in [-0.05, 0) is 53.4 Å². The third-order valence-electron chi connectivity index (χ3n) is 9.90. The molecule has 51 heavy (non-hydrogen) atoms. The van der Waals surface area contributed by atoms with Gasteiger partial charge in [0.25, 0.3) is 0 Å². The van der Waals surface area contributed by atoms with Gasteiger partial charge in [0.2, 0.25) is 0 Å². The quantitative estimate of drug-likeness (QED) is 0.174. The zero-order chi connectivity index (χ0) is 33.7. The molecule has 7 aromatic carbocycles. The summed E-state index contributed by atoms with van der Waals surface area (Å²) in [7, 11) is 0. The van der Waals surface area contributed by atoms with Crippen LogP contribution in [0.4, 0.5) is 17.1 Å². The number of nitrogens with zero attached hydrogens (tertiary/aromatic N) is 4. The molecule has 4 heteroatoms. The molecule has 0 aliphatic heterocycles. The van der Waals surface area contributed by atoms with Crippen LogP contribution in [0, 0.1) is 0 Å². The first kappa shape index (κ1) is 29.0. The molecule has 0 aliphatic rings. The molecule has 0 N–H and O–H groups in total. The van der Waals surface area contributed by atoms with Crippen LogP contribution in [0.2, 0.25) is 0 Å². The van der Waals surface area contributed by atoms with Crippen molar-refractivity contribution in [2.45, 2.75) is 0 Å². The fourth-order valence-corrected chi connectivity index (χ4v) is 7.66. The highest BCUT2D eigenvalue weighted by Crippen LogP contribution is 2.47. The van der Waals surface area contributed by atoms with E-state index in [-0.39, 0.29) is 0 Å². The number of hydrogen-bond donors (Lipinski definition) is 0. The van der Waals surface area contributed by atoms with E-state index in [4.69, 9.17) is 15.0 Å². The summed E-state index contributed by atoms with van der Waals surface area (Å²) < 4.78 is 0. The maximum Gasteiger partial charge on any atom is 0.0970 e. The molecule has 0 spiro atoms. The van der Waals surface area contributed by atoms with Crippen LogP contribution in [0.25, 0.3) is 76.6 Å². The Labute approximate surface area is 294 Å². The fraction of sp³-hybridized carbons (Fsp3) is 0. The lowest BCUT2D eigenvalue weighted by atomic mass is 9.91. The molecule has 0 unspecified atom stereocenters. The first-order chi connectivity index (χ1) is 25.3. The Balaban J connectivity index is 1.34. The minimum atomic E-state index is 0.892. The predicted octanol–water partition coefficient (Wildman–Crippen LogP) is 12.4. The van der Waals surface area contributed by atoms with Gasteiger partial charge in [0.1, 0.15) is 0 Å². The molecule has 0 saturated carbocycles. The summed E-state index contributed by atoms with van der Waals surface area (Å²) in [6, 6.07) is 60.0. The molecule has 0 aliphatic carbocycles. The molecule has 3 heterocycles. The van der Waals surface area contributed by atoms with Crippen molar-refractivity contribution >= 4 is 71.3 Å². The highest BCUT2D eigenvalue weighted by Gasteiger charge is 2.22. The number of hydrogen-bond acceptors (Lipinski definition) is 4. The van der Waals surface area contributed by atoms with Crippen LogP contribution in [0.15, 0.2) is 182 Å². The molecule has 0 saturated heterocycles. The average molecular weight is 651 g/mol. The van der Waals surface area contributed by atoms with E-state index in [9.17, 15) is 0 Å². The lowest BCUT2D eigenvalue weighted by Gasteiger charge is -2.28. The number of pyridine rings is 3. The van der Waals surface area contributed by atoms with Gasteiger partial charge in [-0.3, -0.25) is 9.97 Å². The van der Waals surface area contributed by atoms with E-state index in [2.05, 4.69) is 169 Å². The maximum atomic E-state index is 5.62. The SMILES string of the molecule is c1ccc(-c2nc3c(-c4ccnc5c4ccc4cccnc45)cccc3c3c2cc(N(c2ccccc2)c2ccccc2)c2ccccc23)cc1. The van der Waals surface area contributed by atoms with Crippen LogP contribution in [-0.2, 0) is 0 Å². The first-order valence-electron chi connectivity index (χ1n) is 17.2. The third-order valence-corrected chi connectivity index (χ3v) is 9.90. The van der Waals surface area contributed by atoms with Crippen molar-refractivity contribution in [3.8, 4) is 22.4 Å². The van der Waals surface area contributed by atoms with E-state index < -0.39 is 0 Å². The van der Waals surface area contributed by atoms with Gasteiger partial charge in [0, 0.05) is 67.2 Å². The summed E-state index contributed by atoms with van der Waals surface area (Å²) in [6.07, 6.45) is 3.73. The molecular formula is C47H30N4. The van der Waals surface area contributed by atoms with Crippen molar-refractivity contribution in [1.29, 1.82) is 0 Å². The maximum absolute atomic E-state index is 5.62. The molecule has 10 aromatic rings. The van der Waals surface area contributed by atoms with Gasteiger partial charge in [-0.25, -0.2) is 4.98 Å². The van der Waals surface area contributed by atoms with Gasteiger partial charge < -0.3 is 4.90 Å². The second-order valence-electron chi connectivity index (χ2n) is 12.8. The fourth-order valence-electron chi connectivity index (χ4n) is 7.66. The van der Waals surface area contributed by atoms with Crippen LogP contribution < -0.4 is 4.90 Å². The highest BCUT2D eigenvalue weighted by molar-refractivity contribution is 6.27. The summed E-state index contributed by atoms with van der Waals surface area (Å²) in [6.45, 7) is 0. The molecule has 0 amide bonds. The molecule has 0 atom stereocenters. The van der Waals surface area contributed by atoms with Gasteiger partial charge >= 0.3 is 0 Å².